The van der Waals surface area contributed by atoms with Gasteiger partial charge in [-0.2, -0.15) is 5.10 Å². The largest absolute Gasteiger partial charge is 0.349 e. The molecule has 0 fully saturated rings. The molecule has 1 aromatic heterocycles. The monoisotopic (exact) mass is 208 g/mol. The number of carbonyl (C=O) groups is 1. The Balaban J connectivity index is 2.37. The van der Waals surface area contributed by atoms with E-state index in [4.69, 9.17) is 5.73 Å². The van der Waals surface area contributed by atoms with Crippen molar-refractivity contribution in [2.45, 2.75) is 19.0 Å². The second-order valence-electron chi connectivity index (χ2n) is 3.33. The first-order valence-corrected chi connectivity index (χ1v) is 4.76. The minimum Gasteiger partial charge on any atom is -0.349 e. The van der Waals surface area contributed by atoms with Crippen molar-refractivity contribution < 1.29 is 4.79 Å². The number of rotatable bonds is 5. The molecule has 1 unspecified atom stereocenters. The van der Waals surface area contributed by atoms with Crippen LogP contribution in [0.4, 0.5) is 0 Å². The predicted octanol–water partition coefficient (Wildman–Crippen LogP) is -0.0603. The van der Waals surface area contributed by atoms with E-state index in [0.29, 0.717) is 13.0 Å². The number of nitrogens with zero attached hydrogens (tertiary/aromatic N) is 2. The normalized spacial score (nSPS) is 12.1. The van der Waals surface area contributed by atoms with Crippen LogP contribution in [-0.4, -0.2) is 21.7 Å². The summed E-state index contributed by atoms with van der Waals surface area (Å²) in [4.78, 5) is 11.4. The van der Waals surface area contributed by atoms with Gasteiger partial charge in [0.2, 0.25) is 5.91 Å². The fourth-order valence-corrected chi connectivity index (χ4v) is 1.15. The van der Waals surface area contributed by atoms with Crippen molar-refractivity contribution in [3.8, 4) is 0 Å². The zero-order valence-corrected chi connectivity index (χ0v) is 8.81. The van der Waals surface area contributed by atoms with E-state index in [2.05, 4.69) is 17.0 Å². The summed E-state index contributed by atoms with van der Waals surface area (Å²) >= 11 is 0. The molecule has 0 saturated heterocycles. The Morgan fingerprint density at radius 2 is 2.60 bits per heavy atom. The third-order valence-electron chi connectivity index (χ3n) is 1.97. The number of carbonyl (C=O) groups excluding carboxylic acids is 1. The van der Waals surface area contributed by atoms with Crippen LogP contribution in [0, 0.1) is 0 Å². The van der Waals surface area contributed by atoms with Gasteiger partial charge in [-0.25, -0.2) is 0 Å². The average Bonchev–Trinajstić information content (AvgIpc) is 2.61. The molecule has 15 heavy (non-hydrogen) atoms. The summed E-state index contributed by atoms with van der Waals surface area (Å²) in [7, 11) is 1.83. The van der Waals surface area contributed by atoms with Crippen molar-refractivity contribution in [1.82, 2.24) is 15.1 Å². The van der Waals surface area contributed by atoms with Crippen LogP contribution in [0.15, 0.2) is 24.9 Å². The third-order valence-corrected chi connectivity index (χ3v) is 1.97. The average molecular weight is 208 g/mol. The highest BCUT2D eigenvalue weighted by Gasteiger charge is 2.10. The molecule has 5 heteroatoms. The number of nitrogens with two attached hydrogens (primary N) is 1. The molecule has 0 radical (unpaired) electrons. The smallest absolute Gasteiger partial charge is 0.237 e. The molecule has 5 nitrogen and oxygen atoms in total. The molecule has 0 spiro atoms. The van der Waals surface area contributed by atoms with Crippen molar-refractivity contribution in [1.29, 1.82) is 0 Å². The lowest BCUT2D eigenvalue weighted by molar-refractivity contribution is -0.122. The lowest BCUT2D eigenvalue weighted by Crippen LogP contribution is -2.39. The van der Waals surface area contributed by atoms with Crippen LogP contribution < -0.4 is 11.1 Å². The topological polar surface area (TPSA) is 72.9 Å². The van der Waals surface area contributed by atoms with E-state index >= 15 is 0 Å². The molecule has 0 aliphatic rings. The Morgan fingerprint density at radius 3 is 3.13 bits per heavy atom. The van der Waals surface area contributed by atoms with Gasteiger partial charge in [-0.15, -0.1) is 6.58 Å². The summed E-state index contributed by atoms with van der Waals surface area (Å²) < 4.78 is 1.69. The van der Waals surface area contributed by atoms with Crippen LogP contribution >= 0.6 is 0 Å². The Morgan fingerprint density at radius 1 is 1.87 bits per heavy atom. The molecule has 0 saturated carbocycles. The molecule has 1 aromatic rings. The maximum absolute atomic E-state index is 11.4. The summed E-state index contributed by atoms with van der Waals surface area (Å²) in [5.74, 6) is -0.180. The van der Waals surface area contributed by atoms with E-state index in [-0.39, 0.29) is 5.91 Å². The molecule has 82 valence electrons. The van der Waals surface area contributed by atoms with Crippen LogP contribution in [0.5, 0.6) is 0 Å². The van der Waals surface area contributed by atoms with E-state index in [1.165, 1.54) is 0 Å². The van der Waals surface area contributed by atoms with Crippen molar-refractivity contribution in [3.63, 3.8) is 0 Å². The fourth-order valence-electron chi connectivity index (χ4n) is 1.15. The van der Waals surface area contributed by atoms with Gasteiger partial charge >= 0.3 is 0 Å². The maximum Gasteiger partial charge on any atom is 0.237 e. The van der Waals surface area contributed by atoms with Crippen molar-refractivity contribution in [3.05, 3.63) is 30.6 Å². The molecular weight excluding hydrogens is 192 g/mol. The number of aromatic nitrogens is 2. The molecular formula is C10H16N4O. The summed E-state index contributed by atoms with van der Waals surface area (Å²) in [6.45, 7) is 3.94. The van der Waals surface area contributed by atoms with E-state index in [9.17, 15) is 4.79 Å². The molecule has 0 aliphatic carbocycles. The van der Waals surface area contributed by atoms with Gasteiger partial charge in [0.05, 0.1) is 18.3 Å². The van der Waals surface area contributed by atoms with Crippen molar-refractivity contribution >= 4 is 5.91 Å². The van der Waals surface area contributed by atoms with Crippen molar-refractivity contribution in [2.75, 3.05) is 0 Å². The zero-order valence-electron chi connectivity index (χ0n) is 8.81. The van der Waals surface area contributed by atoms with E-state index in [1.807, 2.05) is 19.3 Å². The van der Waals surface area contributed by atoms with E-state index < -0.39 is 6.04 Å². The van der Waals surface area contributed by atoms with Gasteiger partial charge in [0.15, 0.2) is 0 Å². The van der Waals surface area contributed by atoms with Crippen LogP contribution in [0.25, 0.3) is 0 Å². The number of hydrogen-bond acceptors (Lipinski definition) is 3. The molecule has 1 rings (SSSR count). The quantitative estimate of drug-likeness (QED) is 0.666. The standard InChI is InChI=1S/C10H16N4O/c1-3-4-9(11)10(15)12-7-8-5-6-14(2)13-8/h3,5-6,9H,1,4,7,11H2,2H3,(H,12,15). The second-order valence-corrected chi connectivity index (χ2v) is 3.33. The number of nitrogens with one attached hydrogen (secondary N) is 1. The Hall–Kier alpha value is -1.62. The van der Waals surface area contributed by atoms with Crippen LogP contribution in [0.1, 0.15) is 12.1 Å². The first-order valence-electron chi connectivity index (χ1n) is 4.76. The first kappa shape index (κ1) is 11.5. The summed E-state index contributed by atoms with van der Waals surface area (Å²) in [6.07, 6.45) is 3.93. The first-order chi connectivity index (χ1) is 7.13. The summed E-state index contributed by atoms with van der Waals surface area (Å²) in [5.41, 5.74) is 6.40. The van der Waals surface area contributed by atoms with Crippen LogP contribution in [0.3, 0.4) is 0 Å². The molecule has 1 atom stereocenters. The fraction of sp³-hybridized carbons (Fsp3) is 0.400. The number of hydrogen-bond donors (Lipinski definition) is 2. The van der Waals surface area contributed by atoms with Gasteiger partial charge in [0.25, 0.3) is 0 Å². The number of aryl methyl sites for hydroxylation is 1. The van der Waals surface area contributed by atoms with Gasteiger partial charge in [-0.05, 0) is 12.5 Å². The molecule has 0 aliphatic heterocycles. The molecule has 0 bridgehead atoms. The van der Waals surface area contributed by atoms with Crippen LogP contribution in [0.2, 0.25) is 0 Å². The Labute approximate surface area is 89.0 Å². The van der Waals surface area contributed by atoms with Crippen molar-refractivity contribution in [2.24, 2.45) is 12.8 Å². The van der Waals surface area contributed by atoms with E-state index in [1.54, 1.807) is 10.8 Å². The summed E-state index contributed by atoms with van der Waals surface area (Å²) in [5, 5.41) is 6.84. The molecule has 1 heterocycles. The molecule has 3 N–H and O–H groups in total. The second kappa shape index (κ2) is 5.31. The Kier molecular flexibility index (Phi) is 4.05. The lowest BCUT2D eigenvalue weighted by atomic mass is 10.2. The highest BCUT2D eigenvalue weighted by molar-refractivity contribution is 5.81. The highest BCUT2D eigenvalue weighted by atomic mass is 16.2. The van der Waals surface area contributed by atoms with Crippen LogP contribution in [-0.2, 0) is 18.4 Å². The number of amides is 1. The minimum absolute atomic E-state index is 0.180. The van der Waals surface area contributed by atoms with Gasteiger partial charge < -0.3 is 11.1 Å². The summed E-state index contributed by atoms with van der Waals surface area (Å²) in [6, 6.07) is 1.32. The minimum atomic E-state index is -0.522. The lowest BCUT2D eigenvalue weighted by Gasteiger charge is -2.08. The van der Waals surface area contributed by atoms with Gasteiger partial charge in [0.1, 0.15) is 0 Å². The Bertz CT molecular complexity index is 345. The molecule has 1 amide bonds. The van der Waals surface area contributed by atoms with Gasteiger partial charge in [0, 0.05) is 13.2 Å². The maximum atomic E-state index is 11.4. The zero-order chi connectivity index (χ0) is 11.3. The molecule has 0 aromatic carbocycles. The van der Waals surface area contributed by atoms with Gasteiger partial charge in [-0.3, -0.25) is 9.48 Å². The van der Waals surface area contributed by atoms with E-state index in [0.717, 1.165) is 5.69 Å². The van der Waals surface area contributed by atoms with Gasteiger partial charge in [-0.1, -0.05) is 6.08 Å². The third kappa shape index (κ3) is 3.55. The highest BCUT2D eigenvalue weighted by Crippen LogP contribution is 1.94. The predicted molar refractivity (Wildman–Crippen MR) is 57.8 cm³/mol. The SMILES string of the molecule is C=CCC(N)C(=O)NCc1ccn(C)n1.